The van der Waals surface area contributed by atoms with Crippen LogP contribution in [-0.2, 0) is 16.9 Å². The van der Waals surface area contributed by atoms with E-state index >= 15 is 0 Å². The summed E-state index contributed by atoms with van der Waals surface area (Å²) in [4.78, 5) is 31.3. The number of aromatic nitrogens is 2. The van der Waals surface area contributed by atoms with Crippen molar-refractivity contribution in [2.75, 3.05) is 7.11 Å². The van der Waals surface area contributed by atoms with E-state index in [1.54, 1.807) is 38.3 Å². The van der Waals surface area contributed by atoms with Crippen LogP contribution >= 0.6 is 0 Å². The Morgan fingerprint density at radius 1 is 1.19 bits per heavy atom. The van der Waals surface area contributed by atoms with Crippen LogP contribution in [0.1, 0.15) is 23.7 Å². The van der Waals surface area contributed by atoms with Gasteiger partial charge in [-0.15, -0.1) is 0 Å². The molecule has 0 aliphatic carbocycles. The van der Waals surface area contributed by atoms with Crippen LogP contribution in [0.5, 0.6) is 5.75 Å². The molecule has 1 aliphatic rings. The predicted molar refractivity (Wildman–Crippen MR) is 99.4 cm³/mol. The molecule has 3 amide bonds. The van der Waals surface area contributed by atoms with Crippen LogP contribution in [0.15, 0.2) is 48.8 Å². The zero-order chi connectivity index (χ0) is 19.2. The summed E-state index contributed by atoms with van der Waals surface area (Å²) in [6, 6.07) is 10.6. The van der Waals surface area contributed by atoms with Crippen molar-refractivity contribution in [3.8, 4) is 5.75 Å². The molecule has 4 rings (SSSR count). The Labute approximate surface area is 156 Å². The molecular formula is C20H20N4O3. The van der Waals surface area contributed by atoms with Crippen molar-refractivity contribution in [3.05, 3.63) is 65.6 Å². The van der Waals surface area contributed by atoms with Crippen LogP contribution in [0.3, 0.4) is 0 Å². The fourth-order valence-electron chi connectivity index (χ4n) is 3.40. The molecule has 2 aromatic heterocycles. The highest BCUT2D eigenvalue weighted by atomic mass is 16.5. The summed E-state index contributed by atoms with van der Waals surface area (Å²) in [7, 11) is 1.58. The lowest BCUT2D eigenvalue weighted by Gasteiger charge is -2.22. The minimum atomic E-state index is -1.11. The Kier molecular flexibility index (Phi) is 3.87. The molecule has 0 saturated carbocycles. The van der Waals surface area contributed by atoms with Crippen molar-refractivity contribution >= 4 is 17.6 Å². The van der Waals surface area contributed by atoms with Crippen molar-refractivity contribution in [2.24, 2.45) is 0 Å². The smallest absolute Gasteiger partial charge is 0.325 e. The monoisotopic (exact) mass is 364 g/mol. The van der Waals surface area contributed by atoms with Crippen LogP contribution in [0.2, 0.25) is 0 Å². The van der Waals surface area contributed by atoms with Gasteiger partial charge >= 0.3 is 6.03 Å². The topological polar surface area (TPSA) is 75.9 Å². The highest BCUT2D eigenvalue weighted by Crippen LogP contribution is 2.30. The van der Waals surface area contributed by atoms with E-state index in [4.69, 9.17) is 4.74 Å². The average molecular weight is 364 g/mol. The third-order valence-electron chi connectivity index (χ3n) is 4.99. The Bertz CT molecular complexity index is 1040. The second-order valence-electron chi connectivity index (χ2n) is 6.83. The number of fused-ring (bicyclic) bond motifs is 1. The lowest BCUT2D eigenvalue weighted by molar-refractivity contribution is -0.131. The molecule has 1 saturated heterocycles. The Morgan fingerprint density at radius 3 is 2.59 bits per heavy atom. The number of pyridine rings is 1. The van der Waals surface area contributed by atoms with Crippen LogP contribution in [-0.4, -0.2) is 33.3 Å². The molecule has 1 N–H and O–H groups in total. The summed E-state index contributed by atoms with van der Waals surface area (Å²) in [6.45, 7) is 3.81. The van der Waals surface area contributed by atoms with Crippen LogP contribution in [0.25, 0.3) is 5.65 Å². The van der Waals surface area contributed by atoms with E-state index in [0.717, 1.165) is 11.2 Å². The second-order valence-corrected chi connectivity index (χ2v) is 6.83. The van der Waals surface area contributed by atoms with Crippen molar-refractivity contribution < 1.29 is 14.3 Å². The minimum Gasteiger partial charge on any atom is -0.497 e. The number of nitrogens with one attached hydrogen (secondary N) is 1. The zero-order valence-electron chi connectivity index (χ0n) is 15.4. The Hall–Kier alpha value is -3.35. The SMILES string of the molecule is COc1ccc([C@]2(C)NC(=O)N(Cc3cn4cccc(C)c4n3)C2=O)cc1. The third kappa shape index (κ3) is 2.71. The number of hydrogen-bond acceptors (Lipinski definition) is 4. The fraction of sp³-hybridized carbons (Fsp3) is 0.250. The molecule has 0 radical (unpaired) electrons. The highest BCUT2D eigenvalue weighted by molar-refractivity contribution is 6.07. The largest absolute Gasteiger partial charge is 0.497 e. The molecule has 138 valence electrons. The quantitative estimate of drug-likeness (QED) is 0.722. The first-order chi connectivity index (χ1) is 12.9. The normalized spacial score (nSPS) is 19.6. The maximum Gasteiger partial charge on any atom is 0.325 e. The lowest BCUT2D eigenvalue weighted by Crippen LogP contribution is -2.40. The molecule has 7 heteroatoms. The molecule has 3 aromatic rings. The van der Waals surface area contributed by atoms with Crippen molar-refractivity contribution in [2.45, 2.75) is 25.9 Å². The number of carbonyl (C=O) groups is 2. The number of ether oxygens (including phenoxy) is 1. The van der Waals surface area contributed by atoms with Crippen molar-refractivity contribution in [1.82, 2.24) is 19.6 Å². The summed E-state index contributed by atoms with van der Waals surface area (Å²) in [5.74, 6) is 0.391. The minimum absolute atomic E-state index is 0.123. The number of rotatable bonds is 4. The molecule has 1 aromatic carbocycles. The van der Waals surface area contributed by atoms with Gasteiger partial charge in [0.15, 0.2) is 0 Å². The van der Waals surface area contributed by atoms with Gasteiger partial charge in [0.2, 0.25) is 0 Å². The number of aryl methyl sites for hydroxylation is 1. The van der Waals surface area contributed by atoms with Gasteiger partial charge in [-0.2, -0.15) is 0 Å². The molecule has 0 unspecified atom stereocenters. The predicted octanol–water partition coefficient (Wildman–Crippen LogP) is 2.62. The molecular weight excluding hydrogens is 344 g/mol. The van der Waals surface area contributed by atoms with Gasteiger partial charge in [-0.05, 0) is 43.2 Å². The van der Waals surface area contributed by atoms with Gasteiger partial charge in [-0.1, -0.05) is 18.2 Å². The number of urea groups is 1. The van der Waals surface area contributed by atoms with E-state index in [-0.39, 0.29) is 12.5 Å². The van der Waals surface area contributed by atoms with Gasteiger partial charge < -0.3 is 14.5 Å². The van der Waals surface area contributed by atoms with Gasteiger partial charge in [-0.25, -0.2) is 9.78 Å². The summed E-state index contributed by atoms with van der Waals surface area (Å²) in [6.07, 6.45) is 3.73. The fourth-order valence-corrected chi connectivity index (χ4v) is 3.40. The number of nitrogens with zero attached hydrogens (tertiary/aromatic N) is 3. The Morgan fingerprint density at radius 2 is 1.93 bits per heavy atom. The molecule has 1 atom stereocenters. The van der Waals surface area contributed by atoms with Gasteiger partial charge in [0, 0.05) is 12.4 Å². The van der Waals surface area contributed by atoms with Crippen LogP contribution in [0, 0.1) is 6.92 Å². The van der Waals surface area contributed by atoms with E-state index in [2.05, 4.69) is 10.3 Å². The van der Waals surface area contributed by atoms with Gasteiger partial charge in [0.25, 0.3) is 5.91 Å². The maximum absolute atomic E-state index is 13.1. The third-order valence-corrected chi connectivity index (χ3v) is 4.99. The lowest BCUT2D eigenvalue weighted by atomic mass is 9.92. The van der Waals surface area contributed by atoms with Gasteiger partial charge in [0.1, 0.15) is 16.9 Å². The number of benzene rings is 1. The first kappa shape index (κ1) is 17.1. The number of hydrogen-bond donors (Lipinski definition) is 1. The molecule has 3 heterocycles. The summed E-state index contributed by atoms with van der Waals surface area (Å²) < 4.78 is 7.05. The van der Waals surface area contributed by atoms with E-state index in [1.807, 2.05) is 35.9 Å². The standard InChI is InChI=1S/C20H20N4O3/c1-13-5-4-10-23-11-15(21-17(13)23)12-24-18(25)20(2,22-19(24)26)14-6-8-16(27-3)9-7-14/h4-11H,12H2,1-3H3,(H,22,26)/t20-/m0/s1. The number of methoxy groups -OCH3 is 1. The highest BCUT2D eigenvalue weighted by Gasteiger charge is 2.49. The molecule has 1 fully saturated rings. The van der Waals surface area contributed by atoms with E-state index < -0.39 is 11.6 Å². The first-order valence-electron chi connectivity index (χ1n) is 8.64. The molecule has 0 bridgehead atoms. The number of amides is 3. The maximum atomic E-state index is 13.1. The molecule has 27 heavy (non-hydrogen) atoms. The van der Waals surface area contributed by atoms with Gasteiger partial charge in [-0.3, -0.25) is 9.69 Å². The average Bonchev–Trinajstić information content (AvgIpc) is 3.18. The zero-order valence-corrected chi connectivity index (χ0v) is 15.4. The van der Waals surface area contributed by atoms with E-state index in [0.29, 0.717) is 17.0 Å². The number of imidazole rings is 1. The number of imide groups is 1. The van der Waals surface area contributed by atoms with Crippen LogP contribution < -0.4 is 10.1 Å². The van der Waals surface area contributed by atoms with E-state index in [1.165, 1.54) is 4.90 Å². The Balaban J connectivity index is 1.62. The summed E-state index contributed by atoms with van der Waals surface area (Å²) in [5, 5.41) is 2.81. The van der Waals surface area contributed by atoms with Crippen molar-refractivity contribution in [3.63, 3.8) is 0 Å². The molecule has 1 aliphatic heterocycles. The van der Waals surface area contributed by atoms with Crippen molar-refractivity contribution in [1.29, 1.82) is 0 Å². The van der Waals surface area contributed by atoms with Gasteiger partial charge in [0.05, 0.1) is 19.3 Å². The molecule has 0 spiro atoms. The first-order valence-corrected chi connectivity index (χ1v) is 8.64. The van der Waals surface area contributed by atoms with Crippen LogP contribution in [0.4, 0.5) is 4.79 Å². The summed E-state index contributed by atoms with van der Waals surface area (Å²) in [5.41, 5.74) is 2.10. The van der Waals surface area contributed by atoms with E-state index in [9.17, 15) is 9.59 Å². The molecule has 7 nitrogen and oxygen atoms in total. The number of carbonyl (C=O) groups excluding carboxylic acids is 2. The summed E-state index contributed by atoms with van der Waals surface area (Å²) >= 11 is 0. The second kappa shape index (κ2) is 6.12.